The van der Waals surface area contributed by atoms with Crippen molar-refractivity contribution in [3.63, 3.8) is 0 Å². The molecule has 12 heteroatoms. The predicted octanol–water partition coefficient (Wildman–Crippen LogP) is 6.24. The third-order valence-electron chi connectivity index (χ3n) is 4.66. The van der Waals surface area contributed by atoms with Crippen LogP contribution in [0.5, 0.6) is 0 Å². The van der Waals surface area contributed by atoms with Crippen molar-refractivity contribution in [2.75, 3.05) is 19.8 Å². The maximum absolute atomic E-state index is 14.4. The Morgan fingerprint density at radius 3 is 1.91 bits per heavy atom. The molecule has 1 aromatic carbocycles. The van der Waals surface area contributed by atoms with Crippen LogP contribution in [0.25, 0.3) is 0 Å². The number of hydrogen-bond acceptors (Lipinski definition) is 7. The average molecular weight is 541 g/mol. The predicted molar refractivity (Wildman–Crippen MR) is 133 cm³/mol. The topological polar surface area (TPSA) is 80.5 Å². The van der Waals surface area contributed by atoms with Gasteiger partial charge in [0.05, 0.1) is 28.6 Å². The number of carbonyl (C=O) groups is 1. The Morgan fingerprint density at radius 1 is 0.971 bits per heavy atom. The van der Waals surface area contributed by atoms with Crippen molar-refractivity contribution in [2.24, 2.45) is 9.98 Å². The Bertz CT molecular complexity index is 892. The van der Waals surface area contributed by atoms with Gasteiger partial charge in [-0.2, -0.15) is 0 Å². The first-order valence-corrected chi connectivity index (χ1v) is 12.8. The zero-order valence-corrected chi connectivity index (χ0v) is 22.2. The summed E-state index contributed by atoms with van der Waals surface area (Å²) in [6.07, 6.45) is -0.435. The van der Waals surface area contributed by atoms with Crippen molar-refractivity contribution in [3.8, 4) is 0 Å². The lowest BCUT2D eigenvalue weighted by atomic mass is 9.91. The Kier molecular flexibility index (Phi) is 13.9. The van der Waals surface area contributed by atoms with Gasteiger partial charge in [-0.05, 0) is 48.0 Å². The zero-order chi connectivity index (χ0) is 26.7. The van der Waals surface area contributed by atoms with Gasteiger partial charge in [0.2, 0.25) is 0 Å². The van der Waals surface area contributed by atoms with Crippen LogP contribution in [0, 0.1) is 23.3 Å². The van der Waals surface area contributed by atoms with E-state index >= 15 is 0 Å². The van der Waals surface area contributed by atoms with Crippen molar-refractivity contribution in [2.45, 2.75) is 70.8 Å². The largest absolute Gasteiger partial charge is 0.481 e. The molecule has 0 aliphatic heterocycles. The van der Waals surface area contributed by atoms with Gasteiger partial charge in [0.1, 0.15) is 10.9 Å². The van der Waals surface area contributed by atoms with Crippen LogP contribution in [0.4, 0.5) is 17.6 Å². The van der Waals surface area contributed by atoms with Gasteiger partial charge < -0.3 is 14.6 Å². The SMILES string of the molecule is CCOC(C)SC(C)=NCC(CC(C(=O)O)c1c(F)c(F)cc(F)c1F)N=C(C)SC(C)OCC. The first-order chi connectivity index (χ1) is 16.4. The lowest BCUT2D eigenvalue weighted by Gasteiger charge is -2.20. The highest BCUT2D eigenvalue weighted by Crippen LogP contribution is 2.31. The highest BCUT2D eigenvalue weighted by atomic mass is 32.2. The Balaban J connectivity index is 3.31. The fraction of sp³-hybridized carbons (Fsp3) is 0.609. The second-order valence-corrected chi connectivity index (χ2v) is 10.4. The molecular formula is C23H32F4N2O4S2. The van der Waals surface area contributed by atoms with Crippen molar-refractivity contribution in [3.05, 3.63) is 34.9 Å². The van der Waals surface area contributed by atoms with Gasteiger partial charge in [0.25, 0.3) is 0 Å². The summed E-state index contributed by atoms with van der Waals surface area (Å²) in [6.45, 7) is 11.8. The Hall–Kier alpha value is -1.63. The minimum Gasteiger partial charge on any atom is -0.481 e. The summed E-state index contributed by atoms with van der Waals surface area (Å²) in [4.78, 5) is 20.9. The number of aliphatic carboxylic acids is 1. The van der Waals surface area contributed by atoms with Crippen LogP contribution in [0.15, 0.2) is 16.1 Å². The second-order valence-electron chi connectivity index (χ2n) is 7.45. The van der Waals surface area contributed by atoms with Gasteiger partial charge in [0.15, 0.2) is 23.3 Å². The maximum Gasteiger partial charge on any atom is 0.311 e. The van der Waals surface area contributed by atoms with E-state index < -0.39 is 53.2 Å². The number of aliphatic imine (C=N–C) groups is 2. The minimum atomic E-state index is -1.89. The molecule has 0 saturated carbocycles. The van der Waals surface area contributed by atoms with Gasteiger partial charge >= 0.3 is 5.97 Å². The number of hydrogen-bond donors (Lipinski definition) is 1. The molecule has 1 aromatic rings. The Labute approximate surface area is 212 Å². The van der Waals surface area contributed by atoms with Crippen LogP contribution >= 0.6 is 23.5 Å². The lowest BCUT2D eigenvalue weighted by Crippen LogP contribution is -2.24. The molecule has 0 saturated heterocycles. The molecular weight excluding hydrogens is 508 g/mol. The quantitative estimate of drug-likeness (QED) is 0.105. The molecule has 6 nitrogen and oxygen atoms in total. The van der Waals surface area contributed by atoms with Crippen LogP contribution in [-0.4, -0.2) is 57.8 Å². The van der Waals surface area contributed by atoms with E-state index in [0.29, 0.717) is 23.3 Å². The molecule has 0 bridgehead atoms. The number of ether oxygens (including phenoxy) is 2. The van der Waals surface area contributed by atoms with Crippen molar-refractivity contribution in [1.29, 1.82) is 0 Å². The molecule has 0 fully saturated rings. The monoisotopic (exact) mass is 540 g/mol. The smallest absolute Gasteiger partial charge is 0.311 e. The number of nitrogens with zero attached hydrogens (tertiary/aromatic N) is 2. The summed E-state index contributed by atoms with van der Waals surface area (Å²) in [5.74, 6) is -10.3. The van der Waals surface area contributed by atoms with Crippen LogP contribution in [0.3, 0.4) is 0 Å². The second kappa shape index (κ2) is 15.5. The highest BCUT2D eigenvalue weighted by molar-refractivity contribution is 8.14. The molecule has 0 aromatic heterocycles. The van der Waals surface area contributed by atoms with Crippen LogP contribution in [0.2, 0.25) is 0 Å². The van der Waals surface area contributed by atoms with Gasteiger partial charge in [-0.3, -0.25) is 14.8 Å². The summed E-state index contributed by atoms with van der Waals surface area (Å²) in [5, 5.41) is 10.9. The van der Waals surface area contributed by atoms with Crippen molar-refractivity contribution in [1.82, 2.24) is 0 Å². The van der Waals surface area contributed by atoms with E-state index in [0.717, 1.165) is 0 Å². The van der Waals surface area contributed by atoms with Crippen LogP contribution in [0.1, 0.15) is 59.4 Å². The first-order valence-electron chi connectivity index (χ1n) is 11.1. The molecule has 4 unspecified atom stereocenters. The van der Waals surface area contributed by atoms with E-state index in [1.807, 2.05) is 27.7 Å². The third kappa shape index (κ3) is 10.5. The van der Waals surface area contributed by atoms with Gasteiger partial charge in [-0.1, -0.05) is 23.5 Å². The fourth-order valence-corrected chi connectivity index (χ4v) is 4.98. The summed E-state index contributed by atoms with van der Waals surface area (Å²) >= 11 is 2.64. The summed E-state index contributed by atoms with van der Waals surface area (Å²) < 4.78 is 67.3. The number of halogens is 4. The van der Waals surface area contributed by atoms with Crippen molar-refractivity contribution >= 4 is 39.6 Å². The van der Waals surface area contributed by atoms with Gasteiger partial charge in [0, 0.05) is 24.8 Å². The lowest BCUT2D eigenvalue weighted by molar-refractivity contribution is -0.139. The molecule has 35 heavy (non-hydrogen) atoms. The van der Waals surface area contributed by atoms with E-state index in [9.17, 15) is 27.5 Å². The molecule has 0 heterocycles. The maximum atomic E-state index is 14.4. The summed E-state index contributed by atoms with van der Waals surface area (Å²) in [7, 11) is 0. The molecule has 0 radical (unpaired) electrons. The number of carboxylic acids is 1. The molecule has 0 amide bonds. The van der Waals surface area contributed by atoms with E-state index in [-0.39, 0.29) is 23.5 Å². The molecule has 0 aliphatic carbocycles. The molecule has 0 aliphatic rings. The molecule has 1 N–H and O–H groups in total. The average Bonchev–Trinajstić information content (AvgIpc) is 2.75. The van der Waals surface area contributed by atoms with Gasteiger partial charge in [-0.25, -0.2) is 17.6 Å². The number of carboxylic acid groups (broad SMARTS) is 1. The normalized spacial score (nSPS) is 16.2. The number of rotatable bonds is 13. The van der Waals surface area contributed by atoms with E-state index in [1.54, 1.807) is 13.8 Å². The number of benzene rings is 1. The third-order valence-corrected chi connectivity index (χ3v) is 6.52. The van der Waals surface area contributed by atoms with E-state index in [1.165, 1.54) is 23.5 Å². The summed E-state index contributed by atoms with van der Waals surface area (Å²) in [5.41, 5.74) is -1.58. The molecule has 198 valence electrons. The standard InChI is InChI=1S/C23H32F4N2O4S2/c1-7-32-14(5)34-12(3)28-11-16(29-13(4)35-15(6)33-8-2)9-17(23(30)31)20-21(26)18(24)10-19(25)22(20)27/h10,14-17H,7-9,11H2,1-6H3,(H,30,31). The van der Waals surface area contributed by atoms with Crippen molar-refractivity contribution < 1.29 is 36.9 Å². The Morgan fingerprint density at radius 2 is 1.46 bits per heavy atom. The van der Waals surface area contributed by atoms with Gasteiger partial charge in [-0.15, -0.1) is 0 Å². The van der Waals surface area contributed by atoms with E-state index in [2.05, 4.69) is 9.98 Å². The van der Waals surface area contributed by atoms with Crippen LogP contribution in [-0.2, 0) is 14.3 Å². The molecule has 4 atom stereocenters. The highest BCUT2D eigenvalue weighted by Gasteiger charge is 2.33. The first kappa shape index (κ1) is 31.4. The van der Waals surface area contributed by atoms with E-state index in [4.69, 9.17) is 9.47 Å². The zero-order valence-electron chi connectivity index (χ0n) is 20.6. The summed E-state index contributed by atoms with van der Waals surface area (Å²) in [6, 6.07) is -0.802. The van der Waals surface area contributed by atoms with Crippen LogP contribution < -0.4 is 0 Å². The fourth-order valence-electron chi connectivity index (χ4n) is 3.26. The number of thioether (sulfide) groups is 2. The minimum absolute atomic E-state index is 0.0105. The molecule has 1 rings (SSSR count). The molecule has 0 spiro atoms.